The van der Waals surface area contributed by atoms with E-state index in [1.165, 1.54) is 85.4 Å². The molecule has 0 spiro atoms. The van der Waals surface area contributed by atoms with Crippen molar-refractivity contribution in [2.24, 2.45) is 0 Å². The largest absolute Gasteiger partial charge is 0.454 e. The molecule has 0 bridgehead atoms. The van der Waals surface area contributed by atoms with Crippen LogP contribution in [-0.2, 0) is 0 Å². The Morgan fingerprint density at radius 3 is 1.54 bits per heavy atom. The number of rotatable bonds is 6. The number of benzene rings is 12. The van der Waals surface area contributed by atoms with Gasteiger partial charge in [-0.15, -0.1) is 11.3 Å². The first-order valence-corrected chi connectivity index (χ1v) is 24.7. The molecule has 0 saturated heterocycles. The number of anilines is 3. The van der Waals surface area contributed by atoms with Gasteiger partial charge < -0.3 is 13.9 Å². The fourth-order valence-corrected chi connectivity index (χ4v) is 12.4. The van der Waals surface area contributed by atoms with Gasteiger partial charge in [0.05, 0.1) is 16.7 Å². The molecule has 12 aromatic carbocycles. The fourth-order valence-electron chi connectivity index (χ4n) is 11.3. The van der Waals surface area contributed by atoms with E-state index < -0.39 is 0 Å². The fraction of sp³-hybridized carbons (Fsp3) is 0. The molecule has 0 unspecified atom stereocenters. The number of thiophene rings is 1. The molecule has 0 saturated carbocycles. The smallest absolute Gasteiger partial charge is 0.159 e. The Balaban J connectivity index is 0.906. The number of nitrogens with zero attached hydrogens (tertiary/aromatic N) is 2. The molecule has 0 atom stereocenters. The predicted octanol–water partition coefficient (Wildman–Crippen LogP) is 19.3. The third-order valence-corrected chi connectivity index (χ3v) is 15.7. The molecule has 0 fully saturated rings. The highest BCUT2D eigenvalue weighted by atomic mass is 32.1. The van der Waals surface area contributed by atoms with Crippen molar-refractivity contribution in [2.45, 2.75) is 0 Å². The van der Waals surface area contributed by atoms with Crippen molar-refractivity contribution < 1.29 is 4.42 Å². The molecule has 3 heterocycles. The topological polar surface area (TPSA) is 21.3 Å². The van der Waals surface area contributed by atoms with E-state index in [1.54, 1.807) is 0 Å². The minimum absolute atomic E-state index is 0.870. The quantitative estimate of drug-likeness (QED) is 0.155. The first kappa shape index (κ1) is 39.1. The molecule has 326 valence electrons. The molecule has 0 radical (unpaired) electrons. The Kier molecular flexibility index (Phi) is 8.53. The van der Waals surface area contributed by atoms with Crippen molar-refractivity contribution >= 4 is 125 Å². The lowest BCUT2D eigenvalue weighted by Gasteiger charge is -2.25. The van der Waals surface area contributed by atoms with Gasteiger partial charge in [-0.05, 0) is 146 Å². The Morgan fingerprint density at radius 2 is 0.829 bits per heavy atom. The maximum absolute atomic E-state index is 6.59. The van der Waals surface area contributed by atoms with E-state index in [4.69, 9.17) is 4.42 Å². The molecule has 0 aliphatic carbocycles. The van der Waals surface area contributed by atoms with Crippen LogP contribution in [0.4, 0.5) is 17.1 Å². The highest BCUT2D eigenvalue weighted by Crippen LogP contribution is 2.45. The van der Waals surface area contributed by atoms with E-state index >= 15 is 0 Å². The van der Waals surface area contributed by atoms with Crippen molar-refractivity contribution in [3.8, 4) is 27.9 Å². The number of aromatic nitrogens is 1. The molecular weight excluding hydrogens is 869 g/mol. The first-order valence-electron chi connectivity index (χ1n) is 23.9. The van der Waals surface area contributed by atoms with Gasteiger partial charge >= 0.3 is 0 Å². The van der Waals surface area contributed by atoms with Crippen LogP contribution in [-0.4, -0.2) is 4.57 Å². The van der Waals surface area contributed by atoms with Crippen molar-refractivity contribution in [3.63, 3.8) is 0 Å². The first-order chi connectivity index (χ1) is 34.7. The molecule has 70 heavy (non-hydrogen) atoms. The Labute approximate surface area is 406 Å². The van der Waals surface area contributed by atoms with E-state index in [2.05, 4.69) is 240 Å². The Morgan fingerprint density at radius 1 is 0.314 bits per heavy atom. The van der Waals surface area contributed by atoms with Gasteiger partial charge in [0.2, 0.25) is 0 Å². The van der Waals surface area contributed by atoms with Gasteiger partial charge in [-0.3, -0.25) is 0 Å². The lowest BCUT2D eigenvalue weighted by Crippen LogP contribution is -2.10. The van der Waals surface area contributed by atoms with Gasteiger partial charge in [0.25, 0.3) is 0 Å². The van der Waals surface area contributed by atoms with E-state index in [0.29, 0.717) is 0 Å². The maximum atomic E-state index is 6.59. The van der Waals surface area contributed by atoms with Gasteiger partial charge in [-0.2, -0.15) is 0 Å². The van der Waals surface area contributed by atoms with Crippen LogP contribution in [0, 0.1) is 0 Å². The third-order valence-electron chi connectivity index (χ3n) is 14.6. The zero-order valence-electron chi connectivity index (χ0n) is 37.8. The summed E-state index contributed by atoms with van der Waals surface area (Å²) in [4.78, 5) is 2.30. The van der Waals surface area contributed by atoms with Gasteiger partial charge in [-0.1, -0.05) is 152 Å². The van der Waals surface area contributed by atoms with Crippen molar-refractivity contribution in [2.75, 3.05) is 4.90 Å². The molecule has 0 aliphatic rings. The summed E-state index contributed by atoms with van der Waals surface area (Å²) in [7, 11) is 0. The second-order valence-corrected chi connectivity index (χ2v) is 19.5. The molecular formula is C66H40N2OS. The summed E-state index contributed by atoms with van der Waals surface area (Å²) in [5.41, 5.74) is 13.1. The molecule has 3 nitrogen and oxygen atoms in total. The van der Waals surface area contributed by atoms with Gasteiger partial charge in [-0.25, -0.2) is 0 Å². The Hall–Kier alpha value is -8.96. The monoisotopic (exact) mass is 908 g/mol. The highest BCUT2D eigenvalue weighted by molar-refractivity contribution is 7.25. The van der Waals surface area contributed by atoms with Crippen LogP contribution >= 0.6 is 11.3 Å². The molecule has 0 N–H and O–H groups in total. The average Bonchev–Trinajstić information content (AvgIpc) is 4.11. The number of hydrogen-bond acceptors (Lipinski definition) is 3. The van der Waals surface area contributed by atoms with Crippen LogP contribution < -0.4 is 4.90 Å². The predicted molar refractivity (Wildman–Crippen MR) is 299 cm³/mol. The van der Waals surface area contributed by atoms with Crippen molar-refractivity contribution in [3.05, 3.63) is 243 Å². The second kappa shape index (κ2) is 15.3. The minimum atomic E-state index is 0.870. The van der Waals surface area contributed by atoms with Crippen LogP contribution in [0.3, 0.4) is 0 Å². The zero-order valence-corrected chi connectivity index (χ0v) is 38.6. The highest BCUT2D eigenvalue weighted by Gasteiger charge is 2.21. The van der Waals surface area contributed by atoms with E-state index in [9.17, 15) is 0 Å². The van der Waals surface area contributed by atoms with Crippen LogP contribution in [0.2, 0.25) is 0 Å². The van der Waals surface area contributed by atoms with Gasteiger partial charge in [0.1, 0.15) is 5.58 Å². The number of para-hydroxylation sites is 3. The van der Waals surface area contributed by atoms with Gasteiger partial charge in [0.15, 0.2) is 5.58 Å². The number of furan rings is 1. The lowest BCUT2D eigenvalue weighted by atomic mass is 9.94. The number of hydrogen-bond donors (Lipinski definition) is 0. The average molecular weight is 909 g/mol. The molecule has 0 amide bonds. The summed E-state index contributed by atoms with van der Waals surface area (Å²) in [6, 6.07) is 88.8. The summed E-state index contributed by atoms with van der Waals surface area (Å²) in [5.74, 6) is 0. The van der Waals surface area contributed by atoms with Crippen molar-refractivity contribution in [1.29, 1.82) is 0 Å². The summed E-state index contributed by atoms with van der Waals surface area (Å²) < 4.78 is 11.7. The van der Waals surface area contributed by atoms with Crippen LogP contribution in [0.5, 0.6) is 0 Å². The minimum Gasteiger partial charge on any atom is -0.454 e. The van der Waals surface area contributed by atoms with Crippen LogP contribution in [0.1, 0.15) is 0 Å². The standard InChI is InChI=1S/C66H40N2OS/c1-2-13-45(14-3-1)67(62-22-12-21-55-53-19-8-10-23-63(53)69-66(55)62)46-30-25-41(26-31-46)42-27-34-60-57(37-42)58-38-43(44-29-36-65-59(39-44)54-20-9-11-24-64(54)70-65)28-35-61(58)68(60)47-32-33-52-50-17-5-4-15-48(50)49-16-6-7-18-51(49)56(52)40-47/h1-40H. The molecule has 15 rings (SSSR count). The number of fused-ring (bicyclic) bond motifs is 15. The molecule has 4 heteroatoms. The Bertz CT molecular complexity index is 4560. The lowest BCUT2D eigenvalue weighted by molar-refractivity contribution is 0.669. The summed E-state index contributed by atoms with van der Waals surface area (Å²) in [6.07, 6.45) is 0. The summed E-state index contributed by atoms with van der Waals surface area (Å²) in [5, 5.41) is 14.9. The van der Waals surface area contributed by atoms with Crippen LogP contribution in [0.15, 0.2) is 247 Å². The summed E-state index contributed by atoms with van der Waals surface area (Å²) in [6.45, 7) is 0. The van der Waals surface area contributed by atoms with E-state index in [0.717, 1.165) is 55.8 Å². The van der Waals surface area contributed by atoms with Crippen molar-refractivity contribution in [1.82, 2.24) is 4.57 Å². The normalized spacial score (nSPS) is 12.0. The summed E-state index contributed by atoms with van der Waals surface area (Å²) >= 11 is 1.86. The van der Waals surface area contributed by atoms with E-state index in [-0.39, 0.29) is 0 Å². The molecule has 0 aliphatic heterocycles. The zero-order chi connectivity index (χ0) is 45.9. The molecule has 3 aromatic heterocycles. The van der Waals surface area contributed by atoms with Crippen LogP contribution in [0.25, 0.3) is 124 Å². The SMILES string of the molecule is c1ccc(N(c2ccc(-c3ccc4c(c3)c3cc(-c5ccc6sc7ccccc7c6c5)ccc3n4-c3ccc4c5ccccc5c5ccccc5c4c3)cc2)c2cccc3c2oc2ccccc23)cc1. The second-order valence-electron chi connectivity index (χ2n) is 18.4. The van der Waals surface area contributed by atoms with E-state index in [1.807, 2.05) is 23.5 Å². The maximum Gasteiger partial charge on any atom is 0.159 e. The molecule has 15 aromatic rings. The van der Waals surface area contributed by atoms with Gasteiger partial charge in [0, 0.05) is 58.8 Å². The third kappa shape index (κ3) is 5.94.